The first-order chi connectivity index (χ1) is 13.2. The van der Waals surface area contributed by atoms with Gasteiger partial charge in [0.05, 0.1) is 12.2 Å². The summed E-state index contributed by atoms with van der Waals surface area (Å²) in [6.45, 7) is 4.87. The van der Waals surface area contributed by atoms with Gasteiger partial charge in [0.25, 0.3) is 0 Å². The number of rotatable bonds is 5. The summed E-state index contributed by atoms with van der Waals surface area (Å²) in [5.74, 6) is -0.849. The van der Waals surface area contributed by atoms with Crippen LogP contribution in [0.15, 0.2) is 35.9 Å². The number of hydrogen-bond donors (Lipinski definition) is 3. The average Bonchev–Trinajstić information content (AvgIpc) is 2.62. The third-order valence-corrected chi connectivity index (χ3v) is 5.70. The molecule has 0 bridgehead atoms. The summed E-state index contributed by atoms with van der Waals surface area (Å²) in [6, 6.07) is 7.12. The Morgan fingerprint density at radius 3 is 2.75 bits per heavy atom. The predicted octanol–water partition coefficient (Wildman–Crippen LogP) is 2.20. The van der Waals surface area contributed by atoms with E-state index in [1.54, 1.807) is 12.1 Å². The second kappa shape index (κ2) is 7.93. The monoisotopic (exact) mass is 389 g/mol. The Hall–Kier alpha value is -2.38. The molecule has 5 atom stereocenters. The van der Waals surface area contributed by atoms with Gasteiger partial charge in [0.2, 0.25) is 5.91 Å². The topological polar surface area (TPSA) is 105 Å². The van der Waals surface area contributed by atoms with Crippen molar-refractivity contribution in [2.24, 2.45) is 5.92 Å². The Balaban J connectivity index is 1.96. The fourth-order valence-electron chi connectivity index (χ4n) is 4.36. The molecule has 28 heavy (non-hydrogen) atoms. The summed E-state index contributed by atoms with van der Waals surface area (Å²) in [6.07, 6.45) is 1.49. The molecule has 152 valence electrons. The van der Waals surface area contributed by atoms with E-state index in [1.807, 2.05) is 32.1 Å². The van der Waals surface area contributed by atoms with Gasteiger partial charge in [-0.25, -0.2) is 4.79 Å². The van der Waals surface area contributed by atoms with Crippen LogP contribution in [0, 0.1) is 5.92 Å². The molecule has 1 aliphatic heterocycles. The van der Waals surface area contributed by atoms with Gasteiger partial charge in [-0.15, -0.1) is 0 Å². The van der Waals surface area contributed by atoms with Crippen LogP contribution >= 0.6 is 0 Å². The minimum atomic E-state index is -1.06. The van der Waals surface area contributed by atoms with Gasteiger partial charge in [-0.2, -0.15) is 0 Å². The van der Waals surface area contributed by atoms with Crippen LogP contribution in [0.3, 0.4) is 0 Å². The number of aliphatic hydroxyl groups is 1. The second-order valence-corrected chi connectivity index (χ2v) is 7.85. The van der Waals surface area contributed by atoms with Crippen molar-refractivity contribution in [2.75, 3.05) is 6.61 Å². The predicted molar refractivity (Wildman–Crippen MR) is 102 cm³/mol. The Labute approximate surface area is 164 Å². The van der Waals surface area contributed by atoms with Crippen LogP contribution in [-0.4, -0.2) is 46.4 Å². The number of para-hydroxylation sites is 1. The summed E-state index contributed by atoms with van der Waals surface area (Å²) in [7, 11) is 0. The van der Waals surface area contributed by atoms with Crippen molar-refractivity contribution in [1.29, 1.82) is 0 Å². The molecule has 7 nitrogen and oxygen atoms in total. The van der Waals surface area contributed by atoms with E-state index < -0.39 is 36.4 Å². The maximum atomic E-state index is 11.9. The largest absolute Gasteiger partial charge is 0.482 e. The van der Waals surface area contributed by atoms with Crippen molar-refractivity contribution in [2.45, 2.75) is 57.5 Å². The van der Waals surface area contributed by atoms with Crippen LogP contribution in [0.25, 0.3) is 0 Å². The molecule has 3 N–H and O–H groups in total. The minimum Gasteiger partial charge on any atom is -0.482 e. The van der Waals surface area contributed by atoms with Gasteiger partial charge >= 0.3 is 5.97 Å². The van der Waals surface area contributed by atoms with Crippen molar-refractivity contribution in [3.8, 4) is 5.75 Å². The number of nitrogens with one attached hydrogen (secondary N) is 1. The Kier molecular flexibility index (Phi) is 5.76. The zero-order valence-corrected chi connectivity index (χ0v) is 16.3. The highest BCUT2D eigenvalue weighted by atomic mass is 16.5. The van der Waals surface area contributed by atoms with E-state index >= 15 is 0 Å². The number of benzene rings is 1. The van der Waals surface area contributed by atoms with Crippen molar-refractivity contribution in [1.82, 2.24) is 5.32 Å². The molecule has 1 aromatic carbocycles. The van der Waals surface area contributed by atoms with E-state index in [2.05, 4.69) is 5.32 Å². The van der Waals surface area contributed by atoms with Gasteiger partial charge in [-0.1, -0.05) is 24.3 Å². The maximum Gasteiger partial charge on any atom is 0.341 e. The summed E-state index contributed by atoms with van der Waals surface area (Å²) in [4.78, 5) is 22.8. The number of carboxylic acid groups (broad SMARTS) is 1. The van der Waals surface area contributed by atoms with Gasteiger partial charge in [0.15, 0.2) is 6.61 Å². The number of hydrogen-bond acceptors (Lipinski definition) is 5. The lowest BCUT2D eigenvalue weighted by atomic mass is 9.68. The Morgan fingerprint density at radius 2 is 2.07 bits per heavy atom. The number of aliphatic carboxylic acids is 1. The highest BCUT2D eigenvalue weighted by molar-refractivity contribution is 5.74. The number of aliphatic hydroxyl groups excluding tert-OH is 1. The molecule has 1 saturated heterocycles. The second-order valence-electron chi connectivity index (χ2n) is 7.85. The van der Waals surface area contributed by atoms with Crippen LogP contribution in [-0.2, 0) is 14.3 Å². The van der Waals surface area contributed by atoms with Crippen LogP contribution in [0.1, 0.15) is 45.3 Å². The molecule has 0 saturated carbocycles. The lowest BCUT2D eigenvalue weighted by Crippen LogP contribution is -2.62. The quantitative estimate of drug-likeness (QED) is 0.667. The number of carbonyl (C=O) groups is 2. The molecular formula is C21H27NO6. The van der Waals surface area contributed by atoms with Gasteiger partial charge in [-0.05, 0) is 31.9 Å². The molecule has 2 aliphatic rings. The lowest BCUT2D eigenvalue weighted by Gasteiger charge is -2.52. The molecule has 1 fully saturated rings. The van der Waals surface area contributed by atoms with E-state index in [4.69, 9.17) is 14.6 Å². The first-order valence-electron chi connectivity index (χ1n) is 9.43. The third-order valence-electron chi connectivity index (χ3n) is 5.70. The summed E-state index contributed by atoms with van der Waals surface area (Å²) in [5.41, 5.74) is 0.970. The molecule has 0 spiro atoms. The van der Waals surface area contributed by atoms with E-state index in [-0.39, 0.29) is 11.8 Å². The van der Waals surface area contributed by atoms with Crippen molar-refractivity contribution >= 4 is 11.9 Å². The lowest BCUT2D eigenvalue weighted by molar-refractivity contribution is -0.166. The number of amides is 1. The summed E-state index contributed by atoms with van der Waals surface area (Å²) >= 11 is 0. The third kappa shape index (κ3) is 4.05. The minimum absolute atomic E-state index is 0.0709. The summed E-state index contributed by atoms with van der Waals surface area (Å²) in [5, 5.41) is 22.7. The number of allylic oxidation sites excluding steroid dienone is 1. The fourth-order valence-corrected chi connectivity index (χ4v) is 4.36. The summed E-state index contributed by atoms with van der Waals surface area (Å²) < 4.78 is 11.8. The standard InChI is InChI=1S/C21H27NO6/c1-12-8-9-15-20(19(12)26)28-17(10-21(15,3)22-13(2)23)14-6-4-5-7-16(14)27-11-18(24)25/h4-8,15,17,19-20,26H,9-11H2,1-3H3,(H,22,23)(H,24,25)/t15-,17+,19-,20-,21-/m1/s1. The molecule has 3 rings (SSSR count). The average molecular weight is 389 g/mol. The highest BCUT2D eigenvalue weighted by Gasteiger charge is 2.51. The number of fused-ring (bicyclic) bond motifs is 1. The highest BCUT2D eigenvalue weighted by Crippen LogP contribution is 2.47. The molecule has 1 aliphatic carbocycles. The van der Waals surface area contributed by atoms with Gasteiger partial charge in [-0.3, -0.25) is 4.79 Å². The van der Waals surface area contributed by atoms with Gasteiger partial charge in [0.1, 0.15) is 11.9 Å². The van der Waals surface area contributed by atoms with E-state index in [9.17, 15) is 14.7 Å². The van der Waals surface area contributed by atoms with Crippen LogP contribution in [0.4, 0.5) is 0 Å². The van der Waals surface area contributed by atoms with Crippen LogP contribution < -0.4 is 10.1 Å². The zero-order chi connectivity index (χ0) is 20.5. The van der Waals surface area contributed by atoms with E-state index in [1.165, 1.54) is 6.92 Å². The SMILES string of the molecule is CC(=O)N[C@]1(C)C[C@@H](c2ccccc2OCC(=O)O)O[C@H]2[C@H](O)C(C)=CC[C@H]21. The molecule has 1 heterocycles. The van der Waals surface area contributed by atoms with Gasteiger partial charge in [0, 0.05) is 30.4 Å². The fraction of sp³-hybridized carbons (Fsp3) is 0.524. The Bertz CT molecular complexity index is 791. The van der Waals surface area contributed by atoms with Crippen molar-refractivity contribution in [3.05, 3.63) is 41.5 Å². The van der Waals surface area contributed by atoms with E-state index in [0.717, 1.165) is 5.57 Å². The smallest absolute Gasteiger partial charge is 0.341 e. The molecule has 7 heteroatoms. The molecular weight excluding hydrogens is 362 g/mol. The van der Waals surface area contributed by atoms with Crippen molar-refractivity contribution < 1.29 is 29.3 Å². The Morgan fingerprint density at radius 1 is 1.36 bits per heavy atom. The van der Waals surface area contributed by atoms with Crippen LogP contribution in [0.2, 0.25) is 0 Å². The molecule has 1 amide bonds. The number of carboxylic acids is 1. The first kappa shape index (κ1) is 20.4. The molecule has 0 radical (unpaired) electrons. The van der Waals surface area contributed by atoms with Gasteiger partial charge < -0.3 is 25.0 Å². The normalized spacial score (nSPS) is 32.1. The molecule has 0 aromatic heterocycles. The first-order valence-corrected chi connectivity index (χ1v) is 9.43. The molecule has 0 unspecified atom stereocenters. The number of ether oxygens (including phenoxy) is 2. The maximum absolute atomic E-state index is 11.9. The molecule has 1 aromatic rings. The zero-order valence-electron chi connectivity index (χ0n) is 16.3. The van der Waals surface area contributed by atoms with Crippen LogP contribution in [0.5, 0.6) is 5.75 Å². The number of carbonyl (C=O) groups excluding carboxylic acids is 1. The van der Waals surface area contributed by atoms with E-state index in [0.29, 0.717) is 24.2 Å². The van der Waals surface area contributed by atoms with Crippen molar-refractivity contribution in [3.63, 3.8) is 0 Å².